The van der Waals surface area contributed by atoms with Crippen molar-refractivity contribution in [3.8, 4) is 0 Å². The van der Waals surface area contributed by atoms with E-state index in [-0.39, 0.29) is 18.0 Å². The van der Waals surface area contributed by atoms with Crippen LogP contribution in [0.4, 0.5) is 5.69 Å². The van der Waals surface area contributed by atoms with Crippen molar-refractivity contribution in [3.05, 3.63) is 60.4 Å². The molecule has 2 aliphatic carbocycles. The number of carbonyl (C=O) groups excluding carboxylic acids is 3. The molecule has 33 heavy (non-hydrogen) atoms. The maximum atomic E-state index is 13.6. The van der Waals surface area contributed by atoms with Crippen molar-refractivity contribution in [1.82, 2.24) is 15.6 Å². The van der Waals surface area contributed by atoms with E-state index in [2.05, 4.69) is 15.6 Å². The number of hydrogen-bond donors (Lipinski definition) is 2. The quantitative estimate of drug-likeness (QED) is 0.660. The molecule has 2 aromatic rings. The number of aromatic nitrogens is 1. The first kappa shape index (κ1) is 23.0. The van der Waals surface area contributed by atoms with Crippen LogP contribution in [0.5, 0.6) is 0 Å². The minimum atomic E-state index is -0.972. The first-order valence-electron chi connectivity index (χ1n) is 12.0. The van der Waals surface area contributed by atoms with E-state index in [4.69, 9.17) is 0 Å². The number of rotatable bonds is 6. The Hall–Kier alpha value is -3.22. The summed E-state index contributed by atoms with van der Waals surface area (Å²) in [5, 5.41) is 6.02. The summed E-state index contributed by atoms with van der Waals surface area (Å²) in [5.74, 6) is -1.71. The maximum absolute atomic E-state index is 13.6. The lowest BCUT2D eigenvalue weighted by Crippen LogP contribution is -2.52. The summed E-state index contributed by atoms with van der Waals surface area (Å²) in [6.07, 6.45) is 12.1. The minimum absolute atomic E-state index is 0.00608. The second-order valence-electron chi connectivity index (χ2n) is 9.00. The Bertz CT molecular complexity index is 939. The standard InChI is InChI=1S/C26H32N4O3/c31-24(28-20-14-7-8-15-20)23(19-10-3-1-4-11-19)30(22-16-9-17-27-18-22)26(33)25(32)29-21-12-5-2-6-13-21/h1,3-4,9-11,16-18,20-21,23H,2,5-8,12-15H2,(H,28,31)(H,29,32). The zero-order valence-corrected chi connectivity index (χ0v) is 18.9. The van der Waals surface area contributed by atoms with Gasteiger partial charge in [0.25, 0.3) is 0 Å². The van der Waals surface area contributed by atoms with Gasteiger partial charge in [0.05, 0.1) is 11.9 Å². The highest BCUT2D eigenvalue weighted by atomic mass is 16.2. The Balaban J connectivity index is 1.66. The van der Waals surface area contributed by atoms with Crippen LogP contribution in [0.2, 0.25) is 0 Å². The van der Waals surface area contributed by atoms with Crippen LogP contribution in [0.25, 0.3) is 0 Å². The molecule has 1 heterocycles. The van der Waals surface area contributed by atoms with Crippen molar-refractivity contribution in [1.29, 1.82) is 0 Å². The topological polar surface area (TPSA) is 91.4 Å². The molecule has 0 aliphatic heterocycles. The van der Waals surface area contributed by atoms with Gasteiger partial charge >= 0.3 is 11.8 Å². The summed E-state index contributed by atoms with van der Waals surface area (Å²) in [5.41, 5.74) is 1.06. The van der Waals surface area contributed by atoms with Crippen LogP contribution < -0.4 is 15.5 Å². The number of hydrogen-bond acceptors (Lipinski definition) is 4. The third-order valence-electron chi connectivity index (χ3n) is 6.60. The van der Waals surface area contributed by atoms with Gasteiger partial charge in [-0.15, -0.1) is 0 Å². The summed E-state index contributed by atoms with van der Waals surface area (Å²) in [6.45, 7) is 0. The van der Waals surface area contributed by atoms with Crippen LogP contribution in [0.1, 0.15) is 69.4 Å². The fourth-order valence-corrected chi connectivity index (χ4v) is 4.89. The molecule has 2 aliphatic rings. The zero-order valence-electron chi connectivity index (χ0n) is 18.9. The fourth-order valence-electron chi connectivity index (χ4n) is 4.89. The van der Waals surface area contributed by atoms with Gasteiger partial charge in [-0.2, -0.15) is 0 Å². The molecule has 0 saturated heterocycles. The first-order chi connectivity index (χ1) is 16.1. The van der Waals surface area contributed by atoms with Crippen molar-refractivity contribution in [2.75, 3.05) is 4.90 Å². The molecule has 2 saturated carbocycles. The molecule has 0 spiro atoms. The fraction of sp³-hybridized carbons (Fsp3) is 0.462. The van der Waals surface area contributed by atoms with E-state index in [0.717, 1.165) is 57.8 Å². The predicted octanol–water partition coefficient (Wildman–Crippen LogP) is 3.66. The molecule has 4 rings (SSSR count). The molecule has 174 valence electrons. The minimum Gasteiger partial charge on any atom is -0.351 e. The van der Waals surface area contributed by atoms with Crippen molar-refractivity contribution >= 4 is 23.4 Å². The Morgan fingerprint density at radius 3 is 2.09 bits per heavy atom. The smallest absolute Gasteiger partial charge is 0.317 e. The largest absolute Gasteiger partial charge is 0.351 e. The molecule has 7 heteroatoms. The average molecular weight is 449 g/mol. The Kier molecular flexibility index (Phi) is 7.70. The van der Waals surface area contributed by atoms with E-state index in [0.29, 0.717) is 11.3 Å². The zero-order chi connectivity index (χ0) is 23.0. The molecule has 7 nitrogen and oxygen atoms in total. The van der Waals surface area contributed by atoms with E-state index in [1.165, 1.54) is 11.1 Å². The highest BCUT2D eigenvalue weighted by Crippen LogP contribution is 2.29. The van der Waals surface area contributed by atoms with E-state index in [1.807, 2.05) is 30.3 Å². The van der Waals surface area contributed by atoms with Gasteiger partial charge in [0, 0.05) is 18.3 Å². The lowest BCUT2D eigenvalue weighted by atomic mass is 9.95. The number of anilines is 1. The van der Waals surface area contributed by atoms with Crippen molar-refractivity contribution in [2.24, 2.45) is 0 Å². The van der Waals surface area contributed by atoms with Crippen LogP contribution in [-0.4, -0.2) is 34.8 Å². The van der Waals surface area contributed by atoms with Crippen LogP contribution >= 0.6 is 0 Å². The van der Waals surface area contributed by atoms with Gasteiger partial charge in [-0.05, 0) is 43.4 Å². The number of carbonyl (C=O) groups is 3. The molecular weight excluding hydrogens is 416 g/mol. The van der Waals surface area contributed by atoms with Crippen LogP contribution in [-0.2, 0) is 14.4 Å². The molecule has 3 amide bonds. The number of nitrogens with one attached hydrogen (secondary N) is 2. The van der Waals surface area contributed by atoms with Crippen LogP contribution in [0, 0.1) is 0 Å². The Morgan fingerprint density at radius 2 is 1.45 bits per heavy atom. The summed E-state index contributed by atoms with van der Waals surface area (Å²) in [6, 6.07) is 11.7. The van der Waals surface area contributed by atoms with Gasteiger partial charge in [0.15, 0.2) is 0 Å². The number of pyridine rings is 1. The molecule has 0 bridgehead atoms. The number of amides is 3. The SMILES string of the molecule is O=C(NC1CCCCC1)C(=O)N(c1cccnc1)C(C(=O)NC1CCCC1)c1ccccc1. The van der Waals surface area contributed by atoms with Crippen LogP contribution in [0.15, 0.2) is 54.9 Å². The summed E-state index contributed by atoms with van der Waals surface area (Å²) >= 11 is 0. The van der Waals surface area contributed by atoms with Gasteiger partial charge < -0.3 is 10.6 Å². The molecule has 1 atom stereocenters. The second-order valence-corrected chi connectivity index (χ2v) is 9.00. The molecule has 1 aromatic carbocycles. The van der Waals surface area contributed by atoms with Gasteiger partial charge in [-0.25, -0.2) is 0 Å². The van der Waals surface area contributed by atoms with Gasteiger partial charge in [0.2, 0.25) is 5.91 Å². The molecular formula is C26H32N4O3. The Morgan fingerprint density at radius 1 is 0.818 bits per heavy atom. The molecule has 1 aromatic heterocycles. The maximum Gasteiger partial charge on any atom is 0.317 e. The third kappa shape index (κ3) is 5.78. The summed E-state index contributed by atoms with van der Waals surface area (Å²) in [4.78, 5) is 45.7. The van der Waals surface area contributed by atoms with Crippen molar-refractivity contribution in [3.63, 3.8) is 0 Å². The van der Waals surface area contributed by atoms with E-state index < -0.39 is 17.9 Å². The summed E-state index contributed by atoms with van der Waals surface area (Å²) in [7, 11) is 0. The third-order valence-corrected chi connectivity index (χ3v) is 6.60. The number of benzene rings is 1. The lowest BCUT2D eigenvalue weighted by Gasteiger charge is -2.32. The lowest BCUT2D eigenvalue weighted by molar-refractivity contribution is -0.139. The van der Waals surface area contributed by atoms with Gasteiger partial charge in [-0.3, -0.25) is 24.3 Å². The molecule has 2 fully saturated rings. The first-order valence-corrected chi connectivity index (χ1v) is 12.0. The molecule has 1 unspecified atom stereocenters. The normalized spacial score (nSPS) is 17.8. The number of nitrogens with zero attached hydrogens (tertiary/aromatic N) is 2. The van der Waals surface area contributed by atoms with Gasteiger partial charge in [-0.1, -0.05) is 62.4 Å². The van der Waals surface area contributed by atoms with Crippen molar-refractivity contribution < 1.29 is 14.4 Å². The second kappa shape index (κ2) is 11.1. The van der Waals surface area contributed by atoms with Crippen molar-refractivity contribution in [2.45, 2.75) is 75.9 Å². The average Bonchev–Trinajstić information content (AvgIpc) is 3.36. The predicted molar refractivity (Wildman–Crippen MR) is 126 cm³/mol. The molecule has 2 N–H and O–H groups in total. The Labute approximate surface area is 195 Å². The van der Waals surface area contributed by atoms with Gasteiger partial charge in [0.1, 0.15) is 6.04 Å². The van der Waals surface area contributed by atoms with E-state index in [9.17, 15) is 14.4 Å². The van der Waals surface area contributed by atoms with E-state index in [1.54, 1.807) is 18.3 Å². The monoisotopic (exact) mass is 448 g/mol. The highest BCUT2D eigenvalue weighted by Gasteiger charge is 2.37. The van der Waals surface area contributed by atoms with E-state index >= 15 is 0 Å². The molecule has 0 radical (unpaired) electrons. The summed E-state index contributed by atoms with van der Waals surface area (Å²) < 4.78 is 0. The highest BCUT2D eigenvalue weighted by molar-refractivity contribution is 6.41. The van der Waals surface area contributed by atoms with Crippen LogP contribution in [0.3, 0.4) is 0 Å².